The summed E-state index contributed by atoms with van der Waals surface area (Å²) in [5, 5.41) is 0. The Morgan fingerprint density at radius 1 is 1.29 bits per heavy atom. The zero-order valence-electron chi connectivity index (χ0n) is 8.10. The van der Waals surface area contributed by atoms with Crippen LogP contribution in [0.15, 0.2) is 6.33 Å². The number of rotatable bonds is 1. The number of fused-ring (bicyclic) bond motifs is 1. The van der Waals surface area contributed by atoms with Crippen LogP contribution in [-0.4, -0.2) is 19.5 Å². The van der Waals surface area contributed by atoms with Gasteiger partial charge in [0.15, 0.2) is 11.5 Å². The highest BCUT2D eigenvalue weighted by Crippen LogP contribution is 2.19. The first-order chi connectivity index (χ1) is 6.59. The summed E-state index contributed by atoms with van der Waals surface area (Å²) in [4.78, 5) is 12.1. The molecule has 0 saturated carbocycles. The minimum absolute atomic E-state index is 0.178. The molecular formula is C8H12N6. The molecule has 0 spiro atoms. The second-order valence-electron chi connectivity index (χ2n) is 3.38. The maximum atomic E-state index is 5.66. The summed E-state index contributed by atoms with van der Waals surface area (Å²) in [6, 6.07) is 0.272. The van der Waals surface area contributed by atoms with Crippen LogP contribution >= 0.6 is 0 Å². The van der Waals surface area contributed by atoms with E-state index in [0.29, 0.717) is 17.0 Å². The third-order valence-electron chi connectivity index (χ3n) is 2.02. The van der Waals surface area contributed by atoms with E-state index in [2.05, 4.69) is 15.0 Å². The number of nitrogens with zero attached hydrogens (tertiary/aromatic N) is 4. The predicted octanol–water partition coefficient (Wildman–Crippen LogP) is 0.572. The Morgan fingerprint density at radius 3 is 2.64 bits per heavy atom. The lowest BCUT2D eigenvalue weighted by molar-refractivity contribution is 0.613. The minimum atomic E-state index is 0.178. The molecule has 0 aromatic carbocycles. The summed E-state index contributed by atoms with van der Waals surface area (Å²) in [7, 11) is 0. The quantitative estimate of drug-likeness (QED) is 0.688. The van der Waals surface area contributed by atoms with Crippen molar-refractivity contribution in [3.63, 3.8) is 0 Å². The Labute approximate surface area is 81.0 Å². The molecule has 2 aromatic heterocycles. The zero-order chi connectivity index (χ0) is 10.3. The summed E-state index contributed by atoms with van der Waals surface area (Å²) in [5.41, 5.74) is 12.5. The van der Waals surface area contributed by atoms with Gasteiger partial charge in [0, 0.05) is 6.04 Å². The molecule has 2 rings (SSSR count). The third kappa shape index (κ3) is 1.15. The Balaban J connectivity index is 2.78. The molecule has 0 unspecified atom stereocenters. The molecule has 0 aliphatic heterocycles. The van der Waals surface area contributed by atoms with Crippen molar-refractivity contribution in [3.8, 4) is 0 Å². The monoisotopic (exact) mass is 192 g/mol. The molecule has 6 heteroatoms. The Hall–Kier alpha value is -1.85. The van der Waals surface area contributed by atoms with Crippen molar-refractivity contribution < 1.29 is 0 Å². The largest absolute Gasteiger partial charge is 0.382 e. The van der Waals surface area contributed by atoms with Crippen molar-refractivity contribution in [2.75, 3.05) is 11.5 Å². The van der Waals surface area contributed by atoms with Gasteiger partial charge in [0.25, 0.3) is 0 Å². The van der Waals surface area contributed by atoms with Crippen molar-refractivity contribution >= 4 is 22.9 Å². The fraction of sp³-hybridized carbons (Fsp3) is 0.375. The molecule has 4 N–H and O–H groups in total. The standard InChI is InChI=1S/C8H12N6/c1-4(2)14-3-11-5-6(9)12-8(10)13-7(5)14/h3-4H,1-2H3,(H4,9,10,12,13). The summed E-state index contributed by atoms with van der Waals surface area (Å²) >= 11 is 0. The van der Waals surface area contributed by atoms with Gasteiger partial charge < -0.3 is 16.0 Å². The van der Waals surface area contributed by atoms with Gasteiger partial charge in [-0.05, 0) is 13.8 Å². The summed E-state index contributed by atoms with van der Waals surface area (Å²) in [6.45, 7) is 4.07. The summed E-state index contributed by atoms with van der Waals surface area (Å²) in [5.74, 6) is 0.504. The van der Waals surface area contributed by atoms with Crippen molar-refractivity contribution in [1.29, 1.82) is 0 Å². The SMILES string of the molecule is CC(C)n1cnc2c(N)nc(N)nc21. The molecule has 0 atom stereocenters. The lowest BCUT2D eigenvalue weighted by Gasteiger charge is -2.06. The first-order valence-corrected chi connectivity index (χ1v) is 4.35. The van der Waals surface area contributed by atoms with Crippen LogP contribution in [0.5, 0.6) is 0 Å². The average Bonchev–Trinajstić information content (AvgIpc) is 2.47. The Bertz CT molecular complexity index is 472. The molecule has 0 amide bonds. The summed E-state index contributed by atoms with van der Waals surface area (Å²) in [6.07, 6.45) is 1.69. The van der Waals surface area contributed by atoms with Gasteiger partial charge >= 0.3 is 0 Å². The molecule has 0 aliphatic carbocycles. The number of hydrogen-bond acceptors (Lipinski definition) is 5. The third-order valence-corrected chi connectivity index (χ3v) is 2.02. The number of imidazole rings is 1. The van der Waals surface area contributed by atoms with E-state index in [1.807, 2.05) is 18.4 Å². The second-order valence-corrected chi connectivity index (χ2v) is 3.38. The molecule has 0 aliphatic rings. The van der Waals surface area contributed by atoms with Crippen LogP contribution < -0.4 is 11.5 Å². The zero-order valence-corrected chi connectivity index (χ0v) is 8.10. The van der Waals surface area contributed by atoms with E-state index in [-0.39, 0.29) is 12.0 Å². The molecule has 0 bridgehead atoms. The lowest BCUT2D eigenvalue weighted by Crippen LogP contribution is -2.04. The van der Waals surface area contributed by atoms with Crippen molar-refractivity contribution in [1.82, 2.24) is 19.5 Å². The predicted molar refractivity (Wildman–Crippen MR) is 54.5 cm³/mol. The Kier molecular flexibility index (Phi) is 1.77. The average molecular weight is 192 g/mol. The van der Waals surface area contributed by atoms with Crippen LogP contribution in [0.3, 0.4) is 0 Å². The highest BCUT2D eigenvalue weighted by molar-refractivity contribution is 5.82. The fourth-order valence-electron chi connectivity index (χ4n) is 1.33. The molecule has 2 aromatic rings. The molecule has 0 radical (unpaired) electrons. The van der Waals surface area contributed by atoms with Gasteiger partial charge in [-0.25, -0.2) is 4.98 Å². The maximum absolute atomic E-state index is 5.66. The molecule has 2 heterocycles. The van der Waals surface area contributed by atoms with E-state index in [9.17, 15) is 0 Å². The molecule has 6 nitrogen and oxygen atoms in total. The van der Waals surface area contributed by atoms with E-state index >= 15 is 0 Å². The van der Waals surface area contributed by atoms with Crippen molar-refractivity contribution in [2.24, 2.45) is 0 Å². The normalized spacial score (nSPS) is 11.4. The van der Waals surface area contributed by atoms with Crippen LogP contribution in [0.2, 0.25) is 0 Å². The van der Waals surface area contributed by atoms with Crippen LogP contribution in [0, 0.1) is 0 Å². The second kappa shape index (κ2) is 2.83. The number of nitrogen functional groups attached to an aromatic ring is 2. The van der Waals surface area contributed by atoms with Crippen LogP contribution in [0.25, 0.3) is 11.2 Å². The first-order valence-electron chi connectivity index (χ1n) is 4.35. The van der Waals surface area contributed by atoms with Crippen LogP contribution in [-0.2, 0) is 0 Å². The number of hydrogen-bond donors (Lipinski definition) is 2. The molecule has 14 heavy (non-hydrogen) atoms. The van der Waals surface area contributed by atoms with Gasteiger partial charge in [-0.3, -0.25) is 0 Å². The molecular weight excluding hydrogens is 180 g/mol. The van der Waals surface area contributed by atoms with Crippen molar-refractivity contribution in [2.45, 2.75) is 19.9 Å². The van der Waals surface area contributed by atoms with E-state index in [1.54, 1.807) is 6.33 Å². The topological polar surface area (TPSA) is 95.6 Å². The smallest absolute Gasteiger partial charge is 0.224 e. The lowest BCUT2D eigenvalue weighted by atomic mass is 10.4. The highest BCUT2D eigenvalue weighted by atomic mass is 15.2. The van der Waals surface area contributed by atoms with E-state index in [4.69, 9.17) is 11.5 Å². The number of anilines is 2. The molecule has 74 valence electrons. The first kappa shape index (κ1) is 8.74. The number of aromatic nitrogens is 4. The minimum Gasteiger partial charge on any atom is -0.382 e. The maximum Gasteiger partial charge on any atom is 0.224 e. The van der Waals surface area contributed by atoms with Gasteiger partial charge in [-0.15, -0.1) is 0 Å². The van der Waals surface area contributed by atoms with E-state index in [1.165, 1.54) is 0 Å². The van der Waals surface area contributed by atoms with Crippen molar-refractivity contribution in [3.05, 3.63) is 6.33 Å². The van der Waals surface area contributed by atoms with Gasteiger partial charge in [-0.1, -0.05) is 0 Å². The highest BCUT2D eigenvalue weighted by Gasteiger charge is 2.11. The van der Waals surface area contributed by atoms with E-state index < -0.39 is 0 Å². The fourth-order valence-corrected chi connectivity index (χ4v) is 1.33. The Morgan fingerprint density at radius 2 is 2.00 bits per heavy atom. The van der Waals surface area contributed by atoms with E-state index in [0.717, 1.165) is 0 Å². The van der Waals surface area contributed by atoms with Gasteiger partial charge in [0.2, 0.25) is 5.95 Å². The number of nitrogens with two attached hydrogens (primary N) is 2. The molecule has 0 saturated heterocycles. The van der Waals surface area contributed by atoms with Gasteiger partial charge in [-0.2, -0.15) is 9.97 Å². The van der Waals surface area contributed by atoms with Crippen LogP contribution in [0.4, 0.5) is 11.8 Å². The van der Waals surface area contributed by atoms with Crippen LogP contribution in [0.1, 0.15) is 19.9 Å². The molecule has 0 fully saturated rings. The van der Waals surface area contributed by atoms with Gasteiger partial charge in [0.1, 0.15) is 5.52 Å². The summed E-state index contributed by atoms with van der Waals surface area (Å²) < 4.78 is 1.91. The van der Waals surface area contributed by atoms with Gasteiger partial charge in [0.05, 0.1) is 6.33 Å².